The maximum atomic E-state index is 12.7. The van der Waals surface area contributed by atoms with Crippen LogP contribution in [-0.4, -0.2) is 37.2 Å². The Morgan fingerprint density at radius 3 is 1.06 bits per heavy atom. The summed E-state index contributed by atoms with van der Waals surface area (Å²) in [6.45, 7) is 6.24. The van der Waals surface area contributed by atoms with Crippen molar-refractivity contribution < 1.29 is 28.6 Å². The van der Waals surface area contributed by atoms with E-state index in [1.54, 1.807) is 6.08 Å². The minimum atomic E-state index is -0.850. The normalized spacial score (nSPS) is 13.1. The summed E-state index contributed by atoms with van der Waals surface area (Å²) in [7, 11) is 0. The summed E-state index contributed by atoms with van der Waals surface area (Å²) in [5, 5.41) is 0. The lowest BCUT2D eigenvalue weighted by Crippen LogP contribution is -2.30. The fourth-order valence-corrected chi connectivity index (χ4v) is 6.27. The lowest BCUT2D eigenvalue weighted by atomic mass is 10.1. The molecule has 0 N–H and O–H groups in total. The predicted molar refractivity (Wildman–Crippen MR) is 269 cm³/mol. The van der Waals surface area contributed by atoms with Crippen LogP contribution in [0.15, 0.2) is 122 Å². The van der Waals surface area contributed by atoms with Gasteiger partial charge >= 0.3 is 17.9 Å². The molecule has 0 amide bonds. The van der Waals surface area contributed by atoms with E-state index < -0.39 is 12.1 Å². The standard InChI is InChI=1S/C57H90O6/c1-4-7-10-13-16-19-22-25-27-28-30-32-35-38-41-44-47-50-56(59)62-53-54(52-61-55(58)49-46-43-40-37-34-31-24-21-18-15-12-9-6-3)63-57(60)51-48-45-42-39-36-33-29-26-23-20-17-14-11-8-5-2/h8-9,11-12,16-21,25-27,29,31,34,36,39,45,48,54H,4-7,10,13-15,22-24,28,30,32-33,35,37-38,40-44,46-47,49-53H2,1-3H3/b11-8-,12-9-,19-16-,20-17-,21-18-,27-25-,29-26-,34-31-,39-36-,48-45-. The van der Waals surface area contributed by atoms with Crippen LogP contribution in [0.25, 0.3) is 0 Å². The number of esters is 3. The highest BCUT2D eigenvalue weighted by Crippen LogP contribution is 2.12. The average Bonchev–Trinajstić information content (AvgIpc) is 3.28. The quantitative estimate of drug-likeness (QED) is 0.0263. The fourth-order valence-electron chi connectivity index (χ4n) is 6.27. The third-order valence-corrected chi connectivity index (χ3v) is 9.96. The molecule has 1 atom stereocenters. The van der Waals surface area contributed by atoms with Gasteiger partial charge in [-0.25, -0.2) is 0 Å². The first-order valence-electron chi connectivity index (χ1n) is 25.0. The molecule has 0 fully saturated rings. The lowest BCUT2D eigenvalue weighted by Gasteiger charge is -2.18. The van der Waals surface area contributed by atoms with Crippen LogP contribution < -0.4 is 0 Å². The van der Waals surface area contributed by atoms with Gasteiger partial charge in [-0.15, -0.1) is 0 Å². The molecule has 6 nitrogen and oxygen atoms in total. The summed E-state index contributed by atoms with van der Waals surface area (Å²) in [6.07, 6.45) is 69.2. The molecule has 0 aliphatic rings. The van der Waals surface area contributed by atoms with Crippen molar-refractivity contribution in [2.75, 3.05) is 13.2 Å². The van der Waals surface area contributed by atoms with Crippen LogP contribution >= 0.6 is 0 Å². The zero-order valence-electron chi connectivity index (χ0n) is 40.3. The number of allylic oxidation sites excluding steroid dienone is 19. The molecule has 0 rings (SSSR count). The molecule has 0 saturated heterocycles. The van der Waals surface area contributed by atoms with E-state index in [-0.39, 0.29) is 31.6 Å². The second kappa shape index (κ2) is 50.5. The number of carbonyl (C=O) groups excluding carboxylic acids is 3. The average molecular weight is 871 g/mol. The highest BCUT2D eigenvalue weighted by atomic mass is 16.6. The number of unbranched alkanes of at least 4 members (excludes halogenated alkanes) is 13. The van der Waals surface area contributed by atoms with Crippen LogP contribution in [0.1, 0.15) is 201 Å². The van der Waals surface area contributed by atoms with Gasteiger partial charge in [-0.3, -0.25) is 14.4 Å². The van der Waals surface area contributed by atoms with Crippen LogP contribution in [0.4, 0.5) is 0 Å². The van der Waals surface area contributed by atoms with Gasteiger partial charge in [-0.2, -0.15) is 0 Å². The Bertz CT molecular complexity index is 1370. The second-order valence-electron chi connectivity index (χ2n) is 16.0. The molecule has 1 unspecified atom stereocenters. The summed E-state index contributed by atoms with van der Waals surface area (Å²) in [4.78, 5) is 37.9. The SMILES string of the molecule is CC/C=C\C/C=C\C/C=C\C/C=C\C/C=C\CC(=O)OC(COC(=O)CCCCC/C=C\C/C=C\C/C=C\CC)COC(=O)CCCCCCCCC/C=C\C/C=C\CCCCC. The number of hydrogen-bond acceptors (Lipinski definition) is 6. The summed E-state index contributed by atoms with van der Waals surface area (Å²) >= 11 is 0. The highest BCUT2D eigenvalue weighted by molar-refractivity contribution is 5.72. The molecule has 63 heavy (non-hydrogen) atoms. The van der Waals surface area contributed by atoms with Crippen LogP contribution in [0.5, 0.6) is 0 Å². The van der Waals surface area contributed by atoms with Gasteiger partial charge in [-0.1, -0.05) is 194 Å². The molecule has 0 aliphatic carbocycles. The molecule has 0 spiro atoms. The summed E-state index contributed by atoms with van der Waals surface area (Å²) < 4.78 is 16.6. The summed E-state index contributed by atoms with van der Waals surface area (Å²) in [5.41, 5.74) is 0. The maximum absolute atomic E-state index is 12.7. The van der Waals surface area contributed by atoms with Crippen molar-refractivity contribution in [3.8, 4) is 0 Å². The van der Waals surface area contributed by atoms with Crippen molar-refractivity contribution >= 4 is 17.9 Å². The van der Waals surface area contributed by atoms with Crippen molar-refractivity contribution in [2.45, 2.75) is 207 Å². The van der Waals surface area contributed by atoms with E-state index in [9.17, 15) is 14.4 Å². The molecule has 354 valence electrons. The first-order chi connectivity index (χ1) is 31.0. The zero-order valence-corrected chi connectivity index (χ0v) is 40.3. The van der Waals surface area contributed by atoms with E-state index in [4.69, 9.17) is 14.2 Å². The maximum Gasteiger partial charge on any atom is 0.310 e. The number of carbonyl (C=O) groups is 3. The van der Waals surface area contributed by atoms with Gasteiger partial charge < -0.3 is 14.2 Å². The van der Waals surface area contributed by atoms with E-state index in [0.717, 1.165) is 103 Å². The first-order valence-corrected chi connectivity index (χ1v) is 25.0. The van der Waals surface area contributed by atoms with Gasteiger partial charge in [0.05, 0.1) is 6.42 Å². The van der Waals surface area contributed by atoms with Crippen molar-refractivity contribution in [1.82, 2.24) is 0 Å². The van der Waals surface area contributed by atoms with E-state index in [1.807, 2.05) is 6.08 Å². The molecule has 0 heterocycles. The van der Waals surface area contributed by atoms with Gasteiger partial charge in [-0.05, 0) is 109 Å². The van der Waals surface area contributed by atoms with E-state index in [1.165, 1.54) is 51.4 Å². The van der Waals surface area contributed by atoms with Crippen LogP contribution in [0.3, 0.4) is 0 Å². The second-order valence-corrected chi connectivity index (χ2v) is 16.0. The van der Waals surface area contributed by atoms with Crippen molar-refractivity contribution in [3.05, 3.63) is 122 Å². The minimum absolute atomic E-state index is 0.0838. The van der Waals surface area contributed by atoms with Crippen molar-refractivity contribution in [3.63, 3.8) is 0 Å². The Morgan fingerprint density at radius 1 is 0.349 bits per heavy atom. The van der Waals surface area contributed by atoms with E-state index in [2.05, 4.69) is 130 Å². The number of rotatable bonds is 43. The minimum Gasteiger partial charge on any atom is -0.462 e. The first kappa shape index (κ1) is 58.8. The Hall–Kier alpha value is -4.19. The molecule has 0 aromatic carbocycles. The summed E-state index contributed by atoms with van der Waals surface area (Å²) in [6, 6.07) is 0. The molecule has 0 radical (unpaired) electrons. The fraction of sp³-hybridized carbons (Fsp3) is 0.596. The van der Waals surface area contributed by atoms with E-state index in [0.29, 0.717) is 19.3 Å². The molecular formula is C57H90O6. The highest BCUT2D eigenvalue weighted by Gasteiger charge is 2.19. The largest absolute Gasteiger partial charge is 0.462 e. The molecule has 0 aromatic heterocycles. The zero-order chi connectivity index (χ0) is 45.8. The topological polar surface area (TPSA) is 78.9 Å². The van der Waals surface area contributed by atoms with Gasteiger partial charge in [0.15, 0.2) is 6.10 Å². The Morgan fingerprint density at radius 2 is 0.667 bits per heavy atom. The third-order valence-electron chi connectivity index (χ3n) is 9.96. The van der Waals surface area contributed by atoms with Gasteiger partial charge in [0, 0.05) is 12.8 Å². The summed E-state index contributed by atoms with van der Waals surface area (Å²) in [5.74, 6) is -1.11. The smallest absolute Gasteiger partial charge is 0.310 e. The Labute approximate surface area is 386 Å². The molecule has 0 saturated carbocycles. The van der Waals surface area contributed by atoms with Gasteiger partial charge in [0.2, 0.25) is 0 Å². The monoisotopic (exact) mass is 871 g/mol. The molecular weight excluding hydrogens is 781 g/mol. The number of hydrogen-bond donors (Lipinski definition) is 0. The van der Waals surface area contributed by atoms with Crippen LogP contribution in [-0.2, 0) is 28.6 Å². The molecule has 0 aliphatic heterocycles. The Kier molecular flexibility index (Phi) is 47.1. The molecule has 6 heteroatoms. The van der Waals surface area contributed by atoms with Crippen LogP contribution in [0.2, 0.25) is 0 Å². The molecule has 0 bridgehead atoms. The third kappa shape index (κ3) is 48.7. The Balaban J connectivity index is 4.57. The van der Waals surface area contributed by atoms with Gasteiger partial charge in [0.1, 0.15) is 13.2 Å². The lowest BCUT2D eigenvalue weighted by molar-refractivity contribution is -0.166. The van der Waals surface area contributed by atoms with Crippen molar-refractivity contribution in [2.24, 2.45) is 0 Å². The van der Waals surface area contributed by atoms with E-state index >= 15 is 0 Å². The number of ether oxygens (including phenoxy) is 3. The van der Waals surface area contributed by atoms with Crippen molar-refractivity contribution in [1.29, 1.82) is 0 Å². The predicted octanol–water partition coefficient (Wildman–Crippen LogP) is 16.5. The van der Waals surface area contributed by atoms with Crippen LogP contribution in [0, 0.1) is 0 Å². The van der Waals surface area contributed by atoms with Gasteiger partial charge in [0.25, 0.3) is 0 Å². The molecule has 0 aromatic rings.